The van der Waals surface area contributed by atoms with E-state index in [1.807, 2.05) is 55.1 Å². The minimum absolute atomic E-state index is 0.0724. The molecule has 2 N–H and O–H groups in total. The number of nitrogens with zero attached hydrogens (tertiary/aromatic N) is 4. The fourth-order valence-corrected chi connectivity index (χ4v) is 5.65. The number of aromatic nitrogens is 3. The number of fused-ring (bicyclic) bond motifs is 6. The second kappa shape index (κ2) is 11.7. The van der Waals surface area contributed by atoms with Gasteiger partial charge in [-0.2, -0.15) is 5.10 Å². The van der Waals surface area contributed by atoms with Gasteiger partial charge in [-0.3, -0.25) is 9.59 Å². The molecule has 2 amide bonds. The number of phenolic OH excluding ortho intramolecular Hbond substituents is 1. The molecule has 1 unspecified atom stereocenters. The van der Waals surface area contributed by atoms with Crippen LogP contribution in [0.25, 0.3) is 0 Å². The van der Waals surface area contributed by atoms with Crippen LogP contribution in [0.15, 0.2) is 54.6 Å². The van der Waals surface area contributed by atoms with Gasteiger partial charge >= 0.3 is 0 Å². The van der Waals surface area contributed by atoms with Gasteiger partial charge in [-0.05, 0) is 85.8 Å². The van der Waals surface area contributed by atoms with Crippen LogP contribution in [0, 0.1) is 13.8 Å². The van der Waals surface area contributed by atoms with Crippen molar-refractivity contribution in [3.05, 3.63) is 88.5 Å². The van der Waals surface area contributed by atoms with Gasteiger partial charge in [0.05, 0.1) is 25.3 Å². The Hall–Kier alpha value is -5.06. The lowest BCUT2D eigenvalue weighted by Crippen LogP contribution is -2.42. The Morgan fingerprint density at radius 2 is 1.93 bits per heavy atom. The number of carbonyl (C=O) groups is 2. The summed E-state index contributed by atoms with van der Waals surface area (Å²) >= 11 is 0. The van der Waals surface area contributed by atoms with Crippen LogP contribution >= 0.6 is 0 Å². The number of carbonyl (C=O) groups excluding carboxylic acids is 2. The van der Waals surface area contributed by atoms with E-state index >= 15 is 0 Å². The maximum absolute atomic E-state index is 13.8. The van der Waals surface area contributed by atoms with Crippen molar-refractivity contribution in [1.29, 1.82) is 0 Å². The number of benzene rings is 3. The predicted octanol–water partition coefficient (Wildman–Crippen LogP) is 4.09. The van der Waals surface area contributed by atoms with Crippen LogP contribution in [0.2, 0.25) is 0 Å². The van der Waals surface area contributed by atoms with Crippen molar-refractivity contribution in [2.45, 2.75) is 39.3 Å². The number of hydrogen-bond acceptors (Lipinski definition) is 8. The second-order valence-corrected chi connectivity index (χ2v) is 10.6. The highest BCUT2D eigenvalue weighted by Gasteiger charge is 2.33. The lowest BCUT2D eigenvalue weighted by atomic mass is 9.87. The molecule has 11 nitrogen and oxygen atoms in total. The monoisotopic (exact) mass is 583 g/mol. The largest absolute Gasteiger partial charge is 0.507 e. The smallest absolute Gasteiger partial charge is 0.255 e. The molecule has 1 aromatic heterocycles. The molecule has 43 heavy (non-hydrogen) atoms. The average Bonchev–Trinajstić information content (AvgIpc) is 3.32. The Morgan fingerprint density at radius 3 is 2.72 bits per heavy atom. The summed E-state index contributed by atoms with van der Waals surface area (Å²) in [5.74, 6) is 2.81. The minimum Gasteiger partial charge on any atom is -0.507 e. The summed E-state index contributed by atoms with van der Waals surface area (Å²) in [5, 5.41) is 17.5. The number of methoxy groups -OCH3 is 1. The SMILES string of the molecule is COc1ccc2cc1OCCCNC(=O)c1cc(ccc1O)Oc1ccc3c(c1)CCN(C(=O)Cn1nc(C)nc1C)C23. The first-order valence-electron chi connectivity index (χ1n) is 14.2. The zero-order valence-electron chi connectivity index (χ0n) is 24.3. The van der Waals surface area contributed by atoms with Crippen LogP contribution in [-0.2, 0) is 17.8 Å². The van der Waals surface area contributed by atoms with Crippen LogP contribution < -0.4 is 19.5 Å². The molecule has 4 heterocycles. The Kier molecular flexibility index (Phi) is 7.62. The molecule has 0 radical (unpaired) electrons. The summed E-state index contributed by atoms with van der Waals surface area (Å²) in [6, 6.07) is 15.7. The first-order chi connectivity index (χ1) is 20.8. The summed E-state index contributed by atoms with van der Waals surface area (Å²) in [4.78, 5) is 32.9. The molecule has 0 saturated heterocycles. The summed E-state index contributed by atoms with van der Waals surface area (Å²) in [7, 11) is 1.58. The molecule has 0 fully saturated rings. The standard InChI is InChI=1S/C32H33N5O6/c1-19-34-20(2)37(35-19)18-30(39)36-13-11-21-15-23-6-8-25(21)31(36)22-5-10-28(41-3)29(16-22)42-14-4-12-33-32(40)26-17-24(43-23)7-9-27(26)38/h5-10,15-17,31,38H,4,11-14,18H2,1-3H3,(H,33,40). The molecule has 11 heteroatoms. The maximum Gasteiger partial charge on any atom is 0.255 e. The number of aryl methyl sites for hydroxylation is 2. The molecule has 0 saturated carbocycles. The molecule has 3 aromatic carbocycles. The van der Waals surface area contributed by atoms with Gasteiger partial charge < -0.3 is 29.5 Å². The van der Waals surface area contributed by atoms with Crippen molar-refractivity contribution in [3.63, 3.8) is 0 Å². The molecule has 4 aromatic rings. The van der Waals surface area contributed by atoms with Gasteiger partial charge in [0.2, 0.25) is 5.91 Å². The molecule has 0 spiro atoms. The highest BCUT2D eigenvalue weighted by molar-refractivity contribution is 5.97. The van der Waals surface area contributed by atoms with E-state index in [0.717, 1.165) is 16.7 Å². The molecule has 7 rings (SSSR count). The van der Waals surface area contributed by atoms with Crippen LogP contribution in [0.3, 0.4) is 0 Å². The van der Waals surface area contributed by atoms with E-state index in [2.05, 4.69) is 15.4 Å². The topological polar surface area (TPSA) is 128 Å². The Balaban J connectivity index is 1.43. The van der Waals surface area contributed by atoms with Crippen molar-refractivity contribution in [2.24, 2.45) is 0 Å². The number of rotatable bonds is 3. The number of amides is 2. The van der Waals surface area contributed by atoms with E-state index in [9.17, 15) is 14.7 Å². The van der Waals surface area contributed by atoms with Gasteiger partial charge in [0.1, 0.15) is 35.4 Å². The molecular weight excluding hydrogens is 550 g/mol. The summed E-state index contributed by atoms with van der Waals surface area (Å²) in [6.07, 6.45) is 1.14. The summed E-state index contributed by atoms with van der Waals surface area (Å²) < 4.78 is 19.5. The third-order valence-electron chi connectivity index (χ3n) is 7.73. The average molecular weight is 584 g/mol. The zero-order valence-corrected chi connectivity index (χ0v) is 24.3. The number of aromatic hydroxyl groups is 1. The molecular formula is C32H33N5O6. The van der Waals surface area contributed by atoms with Crippen molar-refractivity contribution < 1.29 is 28.9 Å². The van der Waals surface area contributed by atoms with Gasteiger partial charge in [0, 0.05) is 13.1 Å². The van der Waals surface area contributed by atoms with Gasteiger partial charge in [-0.15, -0.1) is 0 Å². The van der Waals surface area contributed by atoms with Crippen molar-refractivity contribution >= 4 is 11.8 Å². The van der Waals surface area contributed by atoms with Gasteiger partial charge in [0.15, 0.2) is 11.5 Å². The molecule has 3 aliphatic rings. The predicted molar refractivity (Wildman–Crippen MR) is 157 cm³/mol. The normalized spacial score (nSPS) is 16.4. The number of phenols is 1. The van der Waals surface area contributed by atoms with E-state index in [1.165, 1.54) is 12.1 Å². The zero-order chi connectivity index (χ0) is 30.1. The Morgan fingerprint density at radius 1 is 1.12 bits per heavy atom. The molecule has 0 aliphatic carbocycles. The maximum atomic E-state index is 13.8. The van der Waals surface area contributed by atoms with E-state index in [0.29, 0.717) is 67.2 Å². The lowest BCUT2D eigenvalue weighted by molar-refractivity contribution is -0.134. The van der Waals surface area contributed by atoms with Crippen LogP contribution in [0.4, 0.5) is 0 Å². The Bertz CT molecular complexity index is 1700. The third-order valence-corrected chi connectivity index (χ3v) is 7.73. The van der Waals surface area contributed by atoms with Crippen LogP contribution in [0.1, 0.15) is 51.2 Å². The van der Waals surface area contributed by atoms with Gasteiger partial charge in [0.25, 0.3) is 5.91 Å². The number of hydrogen-bond donors (Lipinski definition) is 2. The number of nitrogens with one attached hydrogen (secondary N) is 1. The first kappa shape index (κ1) is 28.1. The molecule has 8 bridgehead atoms. The quantitative estimate of drug-likeness (QED) is 0.369. The van der Waals surface area contributed by atoms with Crippen molar-refractivity contribution in [3.8, 4) is 28.7 Å². The molecule has 1 atom stereocenters. The number of ether oxygens (including phenoxy) is 3. The lowest BCUT2D eigenvalue weighted by Gasteiger charge is -2.38. The van der Waals surface area contributed by atoms with E-state index in [-0.39, 0.29) is 29.8 Å². The summed E-state index contributed by atoms with van der Waals surface area (Å²) in [5.41, 5.74) is 3.01. The fraction of sp³-hybridized carbons (Fsp3) is 0.312. The summed E-state index contributed by atoms with van der Waals surface area (Å²) in [6.45, 7) is 4.86. The highest BCUT2D eigenvalue weighted by Crippen LogP contribution is 2.41. The van der Waals surface area contributed by atoms with Crippen molar-refractivity contribution in [1.82, 2.24) is 25.0 Å². The third kappa shape index (κ3) is 5.70. The van der Waals surface area contributed by atoms with Gasteiger partial charge in [-0.1, -0.05) is 12.1 Å². The molecule has 222 valence electrons. The fourth-order valence-electron chi connectivity index (χ4n) is 5.65. The second-order valence-electron chi connectivity index (χ2n) is 10.6. The Labute approximate surface area is 249 Å². The van der Waals surface area contributed by atoms with E-state index < -0.39 is 5.91 Å². The van der Waals surface area contributed by atoms with Crippen LogP contribution in [-0.4, -0.2) is 63.4 Å². The van der Waals surface area contributed by atoms with Crippen molar-refractivity contribution in [2.75, 3.05) is 26.8 Å². The van der Waals surface area contributed by atoms with E-state index in [4.69, 9.17) is 14.2 Å². The van der Waals surface area contributed by atoms with Gasteiger partial charge in [-0.25, -0.2) is 9.67 Å². The van der Waals surface area contributed by atoms with E-state index in [1.54, 1.807) is 17.9 Å². The van der Waals surface area contributed by atoms with Crippen LogP contribution in [0.5, 0.6) is 28.7 Å². The minimum atomic E-state index is -0.405. The highest BCUT2D eigenvalue weighted by atomic mass is 16.5. The molecule has 3 aliphatic heterocycles. The first-order valence-corrected chi connectivity index (χ1v) is 14.2.